The van der Waals surface area contributed by atoms with Crippen LogP contribution in [0.1, 0.15) is 38.7 Å². The zero-order chi connectivity index (χ0) is 16.1. The van der Waals surface area contributed by atoms with E-state index in [2.05, 4.69) is 47.2 Å². The van der Waals surface area contributed by atoms with Crippen molar-refractivity contribution in [2.75, 3.05) is 44.2 Å². The van der Waals surface area contributed by atoms with Gasteiger partial charge in [0.1, 0.15) is 5.75 Å². The van der Waals surface area contributed by atoms with Gasteiger partial charge in [-0.3, -0.25) is 4.90 Å². The number of hydrogen-bond acceptors (Lipinski definition) is 4. The molecule has 1 unspecified atom stereocenters. The molecule has 0 amide bonds. The Kier molecular flexibility index (Phi) is 5.79. The summed E-state index contributed by atoms with van der Waals surface area (Å²) in [4.78, 5) is 5.05. The first-order chi connectivity index (χ1) is 11.3. The van der Waals surface area contributed by atoms with Crippen molar-refractivity contribution in [1.82, 2.24) is 10.2 Å². The molecule has 1 aromatic carbocycles. The van der Waals surface area contributed by atoms with Crippen molar-refractivity contribution in [3.63, 3.8) is 0 Å². The fourth-order valence-electron chi connectivity index (χ4n) is 3.72. The third-order valence-electron chi connectivity index (χ3n) is 5.11. The maximum Gasteiger partial charge on any atom is 0.142 e. The van der Waals surface area contributed by atoms with Crippen LogP contribution in [0.2, 0.25) is 0 Å². The average molecular weight is 317 g/mol. The number of benzene rings is 1. The molecule has 4 nitrogen and oxygen atoms in total. The summed E-state index contributed by atoms with van der Waals surface area (Å²) in [5.74, 6) is 1.05. The highest BCUT2D eigenvalue weighted by molar-refractivity contribution is 5.60. The molecular weight excluding hydrogens is 286 g/mol. The molecule has 2 heterocycles. The second-order valence-corrected chi connectivity index (χ2v) is 6.79. The first-order valence-corrected chi connectivity index (χ1v) is 9.23. The van der Waals surface area contributed by atoms with E-state index in [4.69, 9.17) is 4.74 Å². The largest absolute Gasteiger partial charge is 0.492 e. The van der Waals surface area contributed by atoms with Gasteiger partial charge in [-0.25, -0.2) is 0 Å². The van der Waals surface area contributed by atoms with Crippen LogP contribution < -0.4 is 15.0 Å². The van der Waals surface area contributed by atoms with E-state index >= 15 is 0 Å². The lowest BCUT2D eigenvalue weighted by molar-refractivity contribution is 0.152. The minimum Gasteiger partial charge on any atom is -0.492 e. The van der Waals surface area contributed by atoms with E-state index in [0.29, 0.717) is 6.04 Å². The lowest BCUT2D eigenvalue weighted by Gasteiger charge is -2.34. The van der Waals surface area contributed by atoms with Crippen LogP contribution in [0.25, 0.3) is 0 Å². The van der Waals surface area contributed by atoms with Gasteiger partial charge in [-0.05, 0) is 50.9 Å². The lowest BCUT2D eigenvalue weighted by atomic mass is 10.0. The fourth-order valence-corrected chi connectivity index (χ4v) is 3.72. The minimum atomic E-state index is 0.701. The van der Waals surface area contributed by atoms with Crippen molar-refractivity contribution in [2.24, 2.45) is 0 Å². The van der Waals surface area contributed by atoms with E-state index in [0.717, 1.165) is 45.1 Å². The zero-order valence-corrected chi connectivity index (χ0v) is 14.7. The van der Waals surface area contributed by atoms with Crippen molar-refractivity contribution < 1.29 is 4.74 Å². The van der Waals surface area contributed by atoms with Gasteiger partial charge >= 0.3 is 0 Å². The smallest absolute Gasteiger partial charge is 0.142 e. The third kappa shape index (κ3) is 4.18. The predicted octanol–water partition coefficient (Wildman–Crippen LogP) is 2.87. The van der Waals surface area contributed by atoms with E-state index in [1.807, 2.05) is 0 Å². The van der Waals surface area contributed by atoms with Gasteiger partial charge in [-0.1, -0.05) is 12.5 Å². The standard InChI is InChI=1S/C19H31N3O/c1-3-23-19-14-17(15-22-11-5-4-6-16(22)2)7-8-18(19)21-12-9-20-10-13-21/h7-8,14,16,20H,3-6,9-13,15H2,1-2H3. The molecule has 0 aromatic heterocycles. The van der Waals surface area contributed by atoms with Crippen molar-refractivity contribution in [3.05, 3.63) is 23.8 Å². The zero-order valence-electron chi connectivity index (χ0n) is 14.7. The van der Waals surface area contributed by atoms with Crippen molar-refractivity contribution in [3.8, 4) is 5.75 Å². The number of rotatable bonds is 5. The number of nitrogens with one attached hydrogen (secondary N) is 1. The summed E-state index contributed by atoms with van der Waals surface area (Å²) < 4.78 is 5.97. The Balaban J connectivity index is 1.75. The highest BCUT2D eigenvalue weighted by Crippen LogP contribution is 2.31. The molecule has 2 fully saturated rings. The van der Waals surface area contributed by atoms with E-state index in [1.165, 1.54) is 37.1 Å². The predicted molar refractivity (Wildman–Crippen MR) is 96.4 cm³/mol. The first kappa shape index (κ1) is 16.6. The monoisotopic (exact) mass is 317 g/mol. The van der Waals surface area contributed by atoms with Gasteiger partial charge in [-0.15, -0.1) is 0 Å². The Bertz CT molecular complexity index is 499. The van der Waals surface area contributed by atoms with Crippen LogP contribution in [-0.4, -0.2) is 50.3 Å². The highest BCUT2D eigenvalue weighted by Gasteiger charge is 2.20. The molecule has 1 atom stereocenters. The van der Waals surface area contributed by atoms with Crippen molar-refractivity contribution in [1.29, 1.82) is 0 Å². The Hall–Kier alpha value is -1.26. The summed E-state index contributed by atoms with van der Waals surface area (Å²) in [6, 6.07) is 7.52. The van der Waals surface area contributed by atoms with Crippen LogP contribution >= 0.6 is 0 Å². The molecule has 0 bridgehead atoms. The van der Waals surface area contributed by atoms with E-state index in [9.17, 15) is 0 Å². The molecule has 2 aliphatic heterocycles. The third-order valence-corrected chi connectivity index (χ3v) is 5.11. The van der Waals surface area contributed by atoms with Crippen LogP contribution in [0, 0.1) is 0 Å². The molecule has 128 valence electrons. The summed E-state index contributed by atoms with van der Waals surface area (Å²) in [6.07, 6.45) is 4.04. The van der Waals surface area contributed by atoms with Gasteiger partial charge in [0.05, 0.1) is 12.3 Å². The van der Waals surface area contributed by atoms with E-state index in [-0.39, 0.29) is 0 Å². The van der Waals surface area contributed by atoms with E-state index < -0.39 is 0 Å². The molecule has 1 aromatic rings. The molecule has 0 radical (unpaired) electrons. The van der Waals surface area contributed by atoms with Crippen molar-refractivity contribution >= 4 is 5.69 Å². The SMILES string of the molecule is CCOc1cc(CN2CCCCC2C)ccc1N1CCNCC1. The van der Waals surface area contributed by atoms with Crippen molar-refractivity contribution in [2.45, 2.75) is 45.7 Å². The molecule has 23 heavy (non-hydrogen) atoms. The van der Waals surface area contributed by atoms with Gasteiger partial charge in [0, 0.05) is 38.8 Å². The van der Waals surface area contributed by atoms with E-state index in [1.54, 1.807) is 0 Å². The Morgan fingerprint density at radius 3 is 2.74 bits per heavy atom. The molecule has 1 N–H and O–H groups in total. The van der Waals surface area contributed by atoms with Gasteiger partial charge in [-0.2, -0.15) is 0 Å². The molecule has 4 heteroatoms. The quantitative estimate of drug-likeness (QED) is 0.904. The molecular formula is C19H31N3O. The number of piperidine rings is 1. The molecule has 2 aliphatic rings. The normalized spacial score (nSPS) is 23.0. The maximum atomic E-state index is 5.97. The Labute approximate surface area is 140 Å². The summed E-state index contributed by atoms with van der Waals surface area (Å²) in [7, 11) is 0. The van der Waals surface area contributed by atoms with Gasteiger partial charge in [0.15, 0.2) is 0 Å². The number of hydrogen-bond donors (Lipinski definition) is 1. The maximum absolute atomic E-state index is 5.97. The summed E-state index contributed by atoms with van der Waals surface area (Å²) in [6.45, 7) is 11.7. The summed E-state index contributed by atoms with van der Waals surface area (Å²) in [5, 5.41) is 3.42. The fraction of sp³-hybridized carbons (Fsp3) is 0.684. The number of likely N-dealkylation sites (tertiary alicyclic amines) is 1. The molecule has 0 saturated carbocycles. The average Bonchev–Trinajstić information content (AvgIpc) is 2.58. The van der Waals surface area contributed by atoms with Gasteiger partial charge in [0.2, 0.25) is 0 Å². The summed E-state index contributed by atoms with van der Waals surface area (Å²) in [5.41, 5.74) is 2.63. The number of nitrogens with zero attached hydrogens (tertiary/aromatic N) is 2. The molecule has 0 aliphatic carbocycles. The van der Waals surface area contributed by atoms with Gasteiger partial charge in [0.25, 0.3) is 0 Å². The lowest BCUT2D eigenvalue weighted by Crippen LogP contribution is -2.43. The van der Waals surface area contributed by atoms with Crippen LogP contribution in [0.3, 0.4) is 0 Å². The highest BCUT2D eigenvalue weighted by atomic mass is 16.5. The number of piperazine rings is 1. The summed E-state index contributed by atoms with van der Waals surface area (Å²) >= 11 is 0. The van der Waals surface area contributed by atoms with Crippen LogP contribution in [-0.2, 0) is 6.54 Å². The second kappa shape index (κ2) is 8.02. The van der Waals surface area contributed by atoms with Gasteiger partial charge < -0.3 is 15.0 Å². The Morgan fingerprint density at radius 1 is 1.17 bits per heavy atom. The number of ether oxygens (including phenoxy) is 1. The molecule has 3 rings (SSSR count). The van der Waals surface area contributed by atoms with Crippen LogP contribution in [0.15, 0.2) is 18.2 Å². The molecule has 0 spiro atoms. The first-order valence-electron chi connectivity index (χ1n) is 9.23. The van der Waals surface area contributed by atoms with Crippen LogP contribution in [0.4, 0.5) is 5.69 Å². The Morgan fingerprint density at radius 2 is 2.00 bits per heavy atom. The topological polar surface area (TPSA) is 27.7 Å². The second-order valence-electron chi connectivity index (χ2n) is 6.79. The van der Waals surface area contributed by atoms with Crippen LogP contribution in [0.5, 0.6) is 5.75 Å². The molecule has 2 saturated heterocycles. The number of anilines is 1. The minimum absolute atomic E-state index is 0.701.